The number of nitrogens with zero attached hydrogens (tertiary/aromatic N) is 3. The minimum absolute atomic E-state index is 0.167. The van der Waals surface area contributed by atoms with Gasteiger partial charge in [-0.15, -0.1) is 10.2 Å². The second kappa shape index (κ2) is 6.55. The fourth-order valence-electron chi connectivity index (χ4n) is 1.92. The Hall–Kier alpha value is -3.13. The van der Waals surface area contributed by atoms with Gasteiger partial charge in [0.2, 0.25) is 0 Å². The molecule has 4 rings (SSSR count). The van der Waals surface area contributed by atoms with Crippen molar-refractivity contribution in [1.82, 2.24) is 15.2 Å². The van der Waals surface area contributed by atoms with E-state index in [1.54, 1.807) is 48.9 Å². The smallest absolute Gasteiger partial charge is 0.283 e. The molecule has 3 aromatic heterocycles. The van der Waals surface area contributed by atoms with Crippen molar-refractivity contribution >= 4 is 11.3 Å². The molecule has 0 N–H and O–H groups in total. The van der Waals surface area contributed by atoms with Crippen LogP contribution in [-0.2, 0) is 6.61 Å². The van der Waals surface area contributed by atoms with E-state index in [0.717, 1.165) is 0 Å². The van der Waals surface area contributed by atoms with E-state index < -0.39 is 0 Å². The lowest BCUT2D eigenvalue weighted by Gasteiger charge is -2.05. The summed E-state index contributed by atoms with van der Waals surface area (Å²) in [5.41, 5.74) is 0. The highest BCUT2D eigenvalue weighted by Crippen LogP contribution is 2.25. The molecule has 0 unspecified atom stereocenters. The lowest BCUT2D eigenvalue weighted by molar-refractivity contribution is 0.263. The molecule has 0 aliphatic carbocycles. The van der Waals surface area contributed by atoms with E-state index in [1.807, 2.05) is 5.38 Å². The maximum atomic E-state index is 5.62. The van der Waals surface area contributed by atoms with Crippen molar-refractivity contribution in [2.45, 2.75) is 6.61 Å². The van der Waals surface area contributed by atoms with Gasteiger partial charge in [-0.2, -0.15) is 0 Å². The van der Waals surface area contributed by atoms with Crippen molar-refractivity contribution in [1.29, 1.82) is 0 Å². The molecule has 1 aromatic carbocycles. The first kappa shape index (κ1) is 14.5. The topological polar surface area (TPSA) is 83.4 Å². The van der Waals surface area contributed by atoms with Gasteiger partial charge >= 0.3 is 0 Å². The fraction of sp³-hybridized carbons (Fsp3) is 0.0625. The normalized spacial score (nSPS) is 10.7. The molecule has 8 heteroatoms. The summed E-state index contributed by atoms with van der Waals surface area (Å²) >= 11 is 1.43. The molecule has 0 saturated heterocycles. The zero-order valence-corrected chi connectivity index (χ0v) is 13.1. The number of aromatic nitrogens is 3. The predicted molar refractivity (Wildman–Crippen MR) is 85.0 cm³/mol. The van der Waals surface area contributed by atoms with Crippen LogP contribution in [0.1, 0.15) is 5.89 Å². The highest BCUT2D eigenvalue weighted by atomic mass is 32.1. The molecule has 0 radical (unpaired) electrons. The Morgan fingerprint density at radius 3 is 2.67 bits per heavy atom. The molecule has 3 heterocycles. The Morgan fingerprint density at radius 2 is 1.92 bits per heavy atom. The van der Waals surface area contributed by atoms with E-state index in [0.29, 0.717) is 34.2 Å². The van der Waals surface area contributed by atoms with Crippen LogP contribution in [0.2, 0.25) is 0 Å². The van der Waals surface area contributed by atoms with Crippen LogP contribution in [0.15, 0.2) is 63.1 Å². The van der Waals surface area contributed by atoms with Crippen LogP contribution >= 0.6 is 11.3 Å². The number of thiazole rings is 1. The van der Waals surface area contributed by atoms with Crippen LogP contribution in [-0.4, -0.2) is 15.2 Å². The summed E-state index contributed by atoms with van der Waals surface area (Å²) in [6.07, 6.45) is 3.24. The fourth-order valence-corrected chi connectivity index (χ4v) is 2.43. The number of furan rings is 1. The Labute approximate surface area is 140 Å². The molecule has 4 aromatic rings. The molecular formula is C16H11N3O4S. The van der Waals surface area contributed by atoms with E-state index in [9.17, 15) is 0 Å². The Bertz CT molecular complexity index is 886. The Kier molecular flexibility index (Phi) is 3.95. The van der Waals surface area contributed by atoms with Gasteiger partial charge in [-0.25, -0.2) is 4.98 Å². The van der Waals surface area contributed by atoms with E-state index in [1.165, 1.54) is 11.3 Å². The molecule has 120 valence electrons. The van der Waals surface area contributed by atoms with Crippen molar-refractivity contribution in [3.8, 4) is 28.3 Å². The SMILES string of the molecule is c1coc(-c2nnc(COc3ccc(Oc4nccs4)cc3)o2)c1. The molecule has 0 fully saturated rings. The molecule has 0 aliphatic rings. The summed E-state index contributed by atoms with van der Waals surface area (Å²) in [6, 6.07) is 10.7. The van der Waals surface area contributed by atoms with Crippen molar-refractivity contribution < 1.29 is 18.3 Å². The number of hydrogen-bond donors (Lipinski definition) is 0. The van der Waals surface area contributed by atoms with Crippen LogP contribution in [0, 0.1) is 0 Å². The molecule has 0 atom stereocenters. The predicted octanol–water partition coefficient (Wildman–Crippen LogP) is 4.16. The zero-order valence-electron chi connectivity index (χ0n) is 12.3. The monoisotopic (exact) mass is 341 g/mol. The number of benzene rings is 1. The van der Waals surface area contributed by atoms with Gasteiger partial charge in [0.15, 0.2) is 12.4 Å². The minimum atomic E-state index is 0.167. The third-order valence-electron chi connectivity index (χ3n) is 3.00. The van der Waals surface area contributed by atoms with Gasteiger partial charge in [0.1, 0.15) is 11.5 Å². The van der Waals surface area contributed by atoms with Crippen molar-refractivity contribution in [3.05, 3.63) is 60.1 Å². The first-order valence-corrected chi connectivity index (χ1v) is 7.91. The number of ether oxygens (including phenoxy) is 2. The average Bonchev–Trinajstić information content (AvgIpc) is 3.36. The lowest BCUT2D eigenvalue weighted by Crippen LogP contribution is -1.95. The largest absolute Gasteiger partial charge is 0.484 e. The van der Waals surface area contributed by atoms with Crippen LogP contribution in [0.5, 0.6) is 16.7 Å². The molecule has 0 saturated carbocycles. The zero-order chi connectivity index (χ0) is 16.2. The maximum absolute atomic E-state index is 5.62. The van der Waals surface area contributed by atoms with Gasteiger partial charge in [-0.3, -0.25) is 0 Å². The van der Waals surface area contributed by atoms with Crippen molar-refractivity contribution in [2.24, 2.45) is 0 Å². The molecule has 0 aliphatic heterocycles. The van der Waals surface area contributed by atoms with E-state index in [-0.39, 0.29) is 6.61 Å². The molecular weight excluding hydrogens is 330 g/mol. The molecule has 24 heavy (non-hydrogen) atoms. The number of rotatable bonds is 6. The maximum Gasteiger partial charge on any atom is 0.283 e. The third-order valence-corrected chi connectivity index (χ3v) is 3.65. The summed E-state index contributed by atoms with van der Waals surface area (Å²) in [7, 11) is 0. The summed E-state index contributed by atoms with van der Waals surface area (Å²) in [5, 5.41) is 10.3. The highest BCUT2D eigenvalue weighted by molar-refractivity contribution is 7.11. The van der Waals surface area contributed by atoms with Gasteiger partial charge in [0.05, 0.1) is 6.26 Å². The van der Waals surface area contributed by atoms with Gasteiger partial charge in [-0.1, -0.05) is 11.3 Å². The molecule has 0 bridgehead atoms. The van der Waals surface area contributed by atoms with Crippen LogP contribution in [0.25, 0.3) is 11.7 Å². The standard InChI is InChI=1S/C16H11N3O4S/c1-2-13(20-8-1)15-19-18-14(23-15)10-21-11-3-5-12(6-4-11)22-16-17-7-9-24-16/h1-9H,10H2. The summed E-state index contributed by atoms with van der Waals surface area (Å²) in [5.74, 6) is 2.57. The summed E-state index contributed by atoms with van der Waals surface area (Å²) < 4.78 is 21.9. The second-order valence-electron chi connectivity index (χ2n) is 4.64. The quantitative estimate of drug-likeness (QED) is 0.520. The van der Waals surface area contributed by atoms with Crippen LogP contribution in [0.3, 0.4) is 0 Å². The summed E-state index contributed by atoms with van der Waals surface area (Å²) in [4.78, 5) is 4.06. The van der Waals surface area contributed by atoms with E-state index in [2.05, 4.69) is 15.2 Å². The van der Waals surface area contributed by atoms with Gasteiger partial charge in [0, 0.05) is 11.6 Å². The average molecular weight is 341 g/mol. The first-order valence-electron chi connectivity index (χ1n) is 7.03. The third kappa shape index (κ3) is 3.28. The highest BCUT2D eigenvalue weighted by Gasteiger charge is 2.11. The number of hydrogen-bond acceptors (Lipinski definition) is 8. The minimum Gasteiger partial charge on any atom is -0.484 e. The Morgan fingerprint density at radius 1 is 1.04 bits per heavy atom. The second-order valence-corrected chi connectivity index (χ2v) is 5.50. The van der Waals surface area contributed by atoms with Gasteiger partial charge < -0.3 is 18.3 Å². The summed E-state index contributed by atoms with van der Waals surface area (Å²) in [6.45, 7) is 0.167. The van der Waals surface area contributed by atoms with Gasteiger partial charge in [0.25, 0.3) is 17.0 Å². The lowest BCUT2D eigenvalue weighted by atomic mass is 10.3. The van der Waals surface area contributed by atoms with Crippen molar-refractivity contribution in [2.75, 3.05) is 0 Å². The first-order chi connectivity index (χ1) is 11.9. The molecule has 0 amide bonds. The van der Waals surface area contributed by atoms with Crippen LogP contribution in [0.4, 0.5) is 0 Å². The molecule has 0 spiro atoms. The van der Waals surface area contributed by atoms with E-state index >= 15 is 0 Å². The van der Waals surface area contributed by atoms with E-state index in [4.69, 9.17) is 18.3 Å². The van der Waals surface area contributed by atoms with Gasteiger partial charge in [-0.05, 0) is 36.4 Å². The van der Waals surface area contributed by atoms with Crippen molar-refractivity contribution in [3.63, 3.8) is 0 Å². The Balaban J connectivity index is 1.36. The molecule has 7 nitrogen and oxygen atoms in total. The van der Waals surface area contributed by atoms with Crippen LogP contribution < -0.4 is 9.47 Å².